The van der Waals surface area contributed by atoms with Gasteiger partial charge < -0.3 is 5.11 Å². The van der Waals surface area contributed by atoms with Crippen molar-refractivity contribution in [1.82, 2.24) is 5.32 Å². The second kappa shape index (κ2) is 7.10. The normalized spacial score (nSPS) is 12.0. The molecule has 0 aliphatic heterocycles. The zero-order valence-corrected chi connectivity index (χ0v) is 11.9. The standard InChI is InChI=1S/C15H14FNO3S/c16-11-5-3-10(4-6-11)14(18)8-13(15(19)20)17-9-12-2-1-7-21-12/h1-7,13,17H,8-9H2,(H,19,20)/t13-/m0/s1. The molecule has 1 heterocycles. The third-order valence-electron chi connectivity index (χ3n) is 2.96. The molecular formula is C15H14FNO3S. The van der Waals surface area contributed by atoms with Crippen LogP contribution in [0.5, 0.6) is 0 Å². The molecule has 0 amide bonds. The number of carbonyl (C=O) groups excluding carboxylic acids is 1. The van der Waals surface area contributed by atoms with Gasteiger partial charge in [0.05, 0.1) is 0 Å². The van der Waals surface area contributed by atoms with E-state index in [-0.39, 0.29) is 12.2 Å². The number of benzene rings is 1. The van der Waals surface area contributed by atoms with Crippen molar-refractivity contribution in [3.63, 3.8) is 0 Å². The second-order valence-electron chi connectivity index (χ2n) is 4.49. The van der Waals surface area contributed by atoms with Gasteiger partial charge in [-0.2, -0.15) is 0 Å². The van der Waals surface area contributed by atoms with Crippen LogP contribution >= 0.6 is 11.3 Å². The van der Waals surface area contributed by atoms with Crippen molar-refractivity contribution in [2.24, 2.45) is 0 Å². The molecule has 0 spiro atoms. The van der Waals surface area contributed by atoms with Crippen LogP contribution in [0, 0.1) is 5.82 Å². The topological polar surface area (TPSA) is 66.4 Å². The average molecular weight is 307 g/mol. The molecule has 0 radical (unpaired) electrons. The molecule has 0 saturated carbocycles. The second-order valence-corrected chi connectivity index (χ2v) is 5.52. The number of hydrogen-bond donors (Lipinski definition) is 2. The van der Waals surface area contributed by atoms with Gasteiger partial charge in [-0.05, 0) is 35.7 Å². The Balaban J connectivity index is 1.97. The maximum atomic E-state index is 12.8. The summed E-state index contributed by atoms with van der Waals surface area (Å²) in [5, 5.41) is 13.9. The SMILES string of the molecule is O=C(C[C@H](NCc1cccs1)C(=O)O)c1ccc(F)cc1. The largest absolute Gasteiger partial charge is 0.480 e. The number of hydrogen-bond acceptors (Lipinski definition) is 4. The fourth-order valence-electron chi connectivity index (χ4n) is 1.82. The number of carboxylic acids is 1. The van der Waals surface area contributed by atoms with E-state index in [9.17, 15) is 19.1 Å². The minimum absolute atomic E-state index is 0.174. The maximum absolute atomic E-state index is 12.8. The van der Waals surface area contributed by atoms with E-state index in [0.29, 0.717) is 12.1 Å². The van der Waals surface area contributed by atoms with Crippen molar-refractivity contribution < 1.29 is 19.1 Å². The number of thiophene rings is 1. The van der Waals surface area contributed by atoms with Crippen LogP contribution in [-0.2, 0) is 11.3 Å². The van der Waals surface area contributed by atoms with E-state index in [1.807, 2.05) is 17.5 Å². The number of aliphatic carboxylic acids is 1. The highest BCUT2D eigenvalue weighted by atomic mass is 32.1. The van der Waals surface area contributed by atoms with E-state index in [4.69, 9.17) is 0 Å². The van der Waals surface area contributed by atoms with E-state index in [1.54, 1.807) is 0 Å². The fourth-order valence-corrected chi connectivity index (χ4v) is 2.48. The van der Waals surface area contributed by atoms with Crippen LogP contribution in [-0.4, -0.2) is 22.9 Å². The lowest BCUT2D eigenvalue weighted by atomic mass is 10.0. The van der Waals surface area contributed by atoms with Crippen LogP contribution < -0.4 is 5.32 Å². The molecule has 21 heavy (non-hydrogen) atoms. The van der Waals surface area contributed by atoms with Crippen molar-refractivity contribution in [1.29, 1.82) is 0 Å². The van der Waals surface area contributed by atoms with E-state index in [0.717, 1.165) is 4.88 Å². The first-order valence-electron chi connectivity index (χ1n) is 6.33. The molecule has 2 rings (SSSR count). The number of carbonyl (C=O) groups is 2. The first kappa shape index (κ1) is 15.3. The highest BCUT2D eigenvalue weighted by molar-refractivity contribution is 7.09. The lowest BCUT2D eigenvalue weighted by Gasteiger charge is -2.13. The first-order valence-corrected chi connectivity index (χ1v) is 7.21. The summed E-state index contributed by atoms with van der Waals surface area (Å²) in [6.07, 6.45) is -0.174. The fraction of sp³-hybridized carbons (Fsp3) is 0.200. The van der Waals surface area contributed by atoms with Gasteiger partial charge in [0, 0.05) is 23.4 Å². The molecule has 0 unspecified atom stereocenters. The minimum atomic E-state index is -1.08. The van der Waals surface area contributed by atoms with E-state index in [1.165, 1.54) is 35.6 Å². The zero-order chi connectivity index (χ0) is 15.2. The van der Waals surface area contributed by atoms with Crippen molar-refractivity contribution in [3.8, 4) is 0 Å². The Morgan fingerprint density at radius 2 is 1.95 bits per heavy atom. The predicted molar refractivity (Wildman–Crippen MR) is 77.9 cm³/mol. The van der Waals surface area contributed by atoms with Gasteiger partial charge in [0.1, 0.15) is 11.9 Å². The molecule has 1 aromatic heterocycles. The quantitative estimate of drug-likeness (QED) is 0.772. The number of ketones is 1. The number of carboxylic acid groups (broad SMARTS) is 1. The Kier molecular flexibility index (Phi) is 5.19. The van der Waals surface area contributed by atoms with Gasteiger partial charge >= 0.3 is 5.97 Å². The van der Waals surface area contributed by atoms with E-state index < -0.39 is 17.8 Å². The van der Waals surface area contributed by atoms with Crippen LogP contribution in [0.15, 0.2) is 41.8 Å². The molecule has 2 aromatic rings. The maximum Gasteiger partial charge on any atom is 0.321 e. The molecule has 6 heteroatoms. The molecule has 0 bridgehead atoms. The summed E-state index contributed by atoms with van der Waals surface area (Å²) in [5.74, 6) is -1.85. The molecule has 0 aliphatic carbocycles. The lowest BCUT2D eigenvalue weighted by Crippen LogP contribution is -2.37. The Morgan fingerprint density at radius 1 is 1.24 bits per heavy atom. The van der Waals surface area contributed by atoms with Gasteiger partial charge in [0.15, 0.2) is 5.78 Å². The highest BCUT2D eigenvalue weighted by Crippen LogP contribution is 2.11. The lowest BCUT2D eigenvalue weighted by molar-refractivity contribution is -0.139. The van der Waals surface area contributed by atoms with Crippen LogP contribution in [0.1, 0.15) is 21.7 Å². The summed E-state index contributed by atoms with van der Waals surface area (Å²) in [5.41, 5.74) is 0.306. The minimum Gasteiger partial charge on any atom is -0.480 e. The van der Waals surface area contributed by atoms with Crippen molar-refractivity contribution in [2.75, 3.05) is 0 Å². The van der Waals surface area contributed by atoms with Crippen LogP contribution in [0.2, 0.25) is 0 Å². The number of rotatable bonds is 7. The van der Waals surface area contributed by atoms with Crippen molar-refractivity contribution in [2.45, 2.75) is 19.0 Å². The Morgan fingerprint density at radius 3 is 2.52 bits per heavy atom. The van der Waals surface area contributed by atoms with Gasteiger partial charge in [-0.25, -0.2) is 4.39 Å². The summed E-state index contributed by atoms with van der Waals surface area (Å²) >= 11 is 1.51. The number of nitrogens with one attached hydrogen (secondary N) is 1. The molecular weight excluding hydrogens is 293 g/mol. The molecule has 0 saturated heterocycles. The summed E-state index contributed by atoms with van der Waals surface area (Å²) in [7, 11) is 0. The van der Waals surface area contributed by atoms with Crippen molar-refractivity contribution >= 4 is 23.1 Å². The summed E-state index contributed by atoms with van der Waals surface area (Å²) < 4.78 is 12.8. The predicted octanol–water partition coefficient (Wildman–Crippen LogP) is 2.70. The van der Waals surface area contributed by atoms with Gasteiger partial charge in [0.25, 0.3) is 0 Å². The third-order valence-corrected chi connectivity index (χ3v) is 3.83. The monoisotopic (exact) mass is 307 g/mol. The summed E-state index contributed by atoms with van der Waals surface area (Å²) in [6, 6.07) is 7.87. The molecule has 2 N–H and O–H groups in total. The third kappa shape index (κ3) is 4.47. The van der Waals surface area contributed by atoms with E-state index >= 15 is 0 Å². The average Bonchev–Trinajstić information content (AvgIpc) is 2.96. The number of halogens is 1. The smallest absolute Gasteiger partial charge is 0.321 e. The van der Waals surface area contributed by atoms with Gasteiger partial charge in [-0.1, -0.05) is 6.07 Å². The van der Waals surface area contributed by atoms with Gasteiger partial charge in [-0.15, -0.1) is 11.3 Å². The summed E-state index contributed by atoms with van der Waals surface area (Å²) in [4.78, 5) is 24.2. The highest BCUT2D eigenvalue weighted by Gasteiger charge is 2.21. The molecule has 0 aliphatic rings. The van der Waals surface area contributed by atoms with Crippen LogP contribution in [0.25, 0.3) is 0 Å². The molecule has 4 nitrogen and oxygen atoms in total. The van der Waals surface area contributed by atoms with Gasteiger partial charge in [0.2, 0.25) is 0 Å². The van der Waals surface area contributed by atoms with E-state index in [2.05, 4.69) is 5.32 Å². The van der Waals surface area contributed by atoms with Crippen LogP contribution in [0.3, 0.4) is 0 Å². The number of Topliss-reactive ketones (excluding diaryl/α,β-unsaturated/α-hetero) is 1. The zero-order valence-electron chi connectivity index (χ0n) is 11.1. The Bertz CT molecular complexity index is 610. The summed E-state index contributed by atoms with van der Waals surface area (Å²) in [6.45, 7) is 0.394. The Hall–Kier alpha value is -2.05. The van der Waals surface area contributed by atoms with Crippen LogP contribution in [0.4, 0.5) is 4.39 Å². The van der Waals surface area contributed by atoms with Crippen molar-refractivity contribution in [3.05, 3.63) is 58.0 Å². The molecule has 110 valence electrons. The molecule has 0 fully saturated rings. The van der Waals surface area contributed by atoms with Gasteiger partial charge in [-0.3, -0.25) is 14.9 Å². The first-order chi connectivity index (χ1) is 10.1. The molecule has 1 atom stereocenters. The molecule has 1 aromatic carbocycles. The Labute approximate surface area is 125 Å².